The third kappa shape index (κ3) is 2.80. The van der Waals surface area contributed by atoms with Crippen molar-refractivity contribution in [3.05, 3.63) is 44.5 Å². The summed E-state index contributed by atoms with van der Waals surface area (Å²) in [6, 6.07) is 4.11. The van der Waals surface area contributed by atoms with Crippen molar-refractivity contribution in [2.24, 2.45) is 0 Å². The molecule has 0 amide bonds. The topological polar surface area (TPSA) is 80.4 Å². The second-order valence-electron chi connectivity index (χ2n) is 3.10. The Morgan fingerprint density at radius 2 is 2.19 bits per heavy atom. The van der Waals surface area contributed by atoms with Crippen LogP contribution in [-0.4, -0.2) is 16.0 Å². The number of carboxylic acids is 1. The highest BCUT2D eigenvalue weighted by molar-refractivity contribution is 6.32. The van der Waals surface area contributed by atoms with Gasteiger partial charge in [0.2, 0.25) is 0 Å². The second kappa shape index (κ2) is 4.76. The summed E-state index contributed by atoms with van der Waals surface area (Å²) in [5.41, 5.74) is 0.279. The van der Waals surface area contributed by atoms with Gasteiger partial charge in [-0.2, -0.15) is 0 Å². The molecule has 1 aromatic carbocycles. The van der Waals surface area contributed by atoms with Crippen LogP contribution in [-0.2, 0) is 4.79 Å². The van der Waals surface area contributed by atoms with Crippen LogP contribution in [0.2, 0.25) is 5.02 Å². The average Bonchev–Trinajstić information content (AvgIpc) is 2.20. The van der Waals surface area contributed by atoms with Crippen LogP contribution in [0.1, 0.15) is 12.5 Å². The summed E-state index contributed by atoms with van der Waals surface area (Å²) in [6.45, 7) is 1.41. The van der Waals surface area contributed by atoms with E-state index >= 15 is 0 Å². The lowest BCUT2D eigenvalue weighted by atomic mass is 10.1. The normalized spacial score (nSPS) is 11.2. The fraction of sp³-hybridized carbons (Fsp3) is 0.100. The average molecular weight is 242 g/mol. The van der Waals surface area contributed by atoms with E-state index in [9.17, 15) is 14.9 Å². The van der Waals surface area contributed by atoms with E-state index in [0.29, 0.717) is 5.56 Å². The van der Waals surface area contributed by atoms with Gasteiger partial charge in [0.1, 0.15) is 5.02 Å². The van der Waals surface area contributed by atoms with E-state index in [1.165, 1.54) is 31.2 Å². The molecular formula is C10H8ClNO4. The van der Waals surface area contributed by atoms with Gasteiger partial charge in [0.05, 0.1) is 4.92 Å². The van der Waals surface area contributed by atoms with Gasteiger partial charge in [-0.1, -0.05) is 17.7 Å². The first-order chi connectivity index (χ1) is 7.41. The van der Waals surface area contributed by atoms with E-state index in [4.69, 9.17) is 16.7 Å². The molecule has 0 unspecified atom stereocenters. The van der Waals surface area contributed by atoms with Crippen molar-refractivity contribution < 1.29 is 14.8 Å². The Kier molecular flexibility index (Phi) is 3.63. The lowest BCUT2D eigenvalue weighted by Crippen LogP contribution is -1.96. The molecule has 0 spiro atoms. The lowest BCUT2D eigenvalue weighted by molar-refractivity contribution is -0.384. The molecule has 0 bridgehead atoms. The molecule has 0 atom stereocenters. The maximum absolute atomic E-state index is 10.6. The van der Waals surface area contributed by atoms with E-state index in [-0.39, 0.29) is 16.3 Å². The third-order valence-corrected chi connectivity index (χ3v) is 2.21. The fourth-order valence-electron chi connectivity index (χ4n) is 1.07. The molecule has 0 fully saturated rings. The molecule has 1 rings (SSSR count). The van der Waals surface area contributed by atoms with E-state index in [1.807, 2.05) is 0 Å². The quantitative estimate of drug-likeness (QED) is 0.501. The summed E-state index contributed by atoms with van der Waals surface area (Å²) in [4.78, 5) is 20.5. The fourth-order valence-corrected chi connectivity index (χ4v) is 1.26. The summed E-state index contributed by atoms with van der Waals surface area (Å²) < 4.78 is 0. The van der Waals surface area contributed by atoms with Gasteiger partial charge in [0, 0.05) is 11.6 Å². The van der Waals surface area contributed by atoms with Gasteiger partial charge in [0.15, 0.2) is 0 Å². The van der Waals surface area contributed by atoms with Crippen molar-refractivity contribution in [1.82, 2.24) is 0 Å². The molecular weight excluding hydrogens is 234 g/mol. The molecule has 0 aliphatic rings. The molecule has 5 nitrogen and oxygen atoms in total. The molecule has 16 heavy (non-hydrogen) atoms. The Bertz CT molecular complexity index is 482. The number of nitro benzene ring substituents is 1. The minimum atomic E-state index is -1.07. The SMILES string of the molecule is C/C(=C\c1ccc(Cl)c([N+](=O)[O-])c1)C(=O)O. The van der Waals surface area contributed by atoms with Crippen molar-refractivity contribution in [3.8, 4) is 0 Å². The third-order valence-electron chi connectivity index (χ3n) is 1.89. The zero-order chi connectivity index (χ0) is 12.3. The van der Waals surface area contributed by atoms with E-state index in [0.717, 1.165) is 0 Å². The summed E-state index contributed by atoms with van der Waals surface area (Å²) in [7, 11) is 0. The maximum atomic E-state index is 10.6. The highest BCUT2D eigenvalue weighted by atomic mass is 35.5. The van der Waals surface area contributed by atoms with Crippen LogP contribution in [0.4, 0.5) is 5.69 Å². The zero-order valence-electron chi connectivity index (χ0n) is 8.31. The lowest BCUT2D eigenvalue weighted by Gasteiger charge is -1.98. The van der Waals surface area contributed by atoms with Crippen LogP contribution in [0.3, 0.4) is 0 Å². The standard InChI is InChI=1S/C10H8ClNO4/c1-6(10(13)14)4-7-2-3-8(11)9(5-7)12(15)16/h2-5H,1H3,(H,13,14)/b6-4+. The summed E-state index contributed by atoms with van der Waals surface area (Å²) in [6.07, 6.45) is 1.34. The molecule has 0 aliphatic carbocycles. The Labute approximate surface area is 96.1 Å². The molecule has 0 heterocycles. The minimum absolute atomic E-state index is 0.0233. The maximum Gasteiger partial charge on any atom is 0.331 e. The summed E-state index contributed by atoms with van der Waals surface area (Å²) in [5.74, 6) is -1.07. The van der Waals surface area contributed by atoms with E-state index in [2.05, 4.69) is 0 Å². The first-order valence-electron chi connectivity index (χ1n) is 4.27. The monoisotopic (exact) mass is 241 g/mol. The molecule has 0 aromatic heterocycles. The number of aliphatic carboxylic acids is 1. The smallest absolute Gasteiger partial charge is 0.331 e. The van der Waals surface area contributed by atoms with Crippen molar-refractivity contribution in [2.45, 2.75) is 6.92 Å². The number of benzene rings is 1. The number of halogens is 1. The molecule has 0 radical (unpaired) electrons. The van der Waals surface area contributed by atoms with Gasteiger partial charge in [0.25, 0.3) is 5.69 Å². The first-order valence-corrected chi connectivity index (χ1v) is 4.65. The number of nitro groups is 1. The highest BCUT2D eigenvalue weighted by Crippen LogP contribution is 2.25. The van der Waals surface area contributed by atoms with Gasteiger partial charge >= 0.3 is 5.97 Å². The van der Waals surface area contributed by atoms with Gasteiger partial charge in [-0.3, -0.25) is 10.1 Å². The molecule has 1 N–H and O–H groups in total. The van der Waals surface area contributed by atoms with Crippen LogP contribution in [0.5, 0.6) is 0 Å². The second-order valence-corrected chi connectivity index (χ2v) is 3.51. The van der Waals surface area contributed by atoms with Crippen molar-refractivity contribution in [3.63, 3.8) is 0 Å². The van der Waals surface area contributed by atoms with Gasteiger partial charge in [-0.05, 0) is 24.6 Å². The van der Waals surface area contributed by atoms with Crippen LogP contribution in [0.25, 0.3) is 6.08 Å². The molecule has 0 aliphatic heterocycles. The Hall–Kier alpha value is -1.88. The first kappa shape index (κ1) is 12.2. The molecule has 1 aromatic rings. The largest absolute Gasteiger partial charge is 0.478 e. The Morgan fingerprint density at radius 3 is 2.69 bits per heavy atom. The number of carboxylic acid groups (broad SMARTS) is 1. The highest BCUT2D eigenvalue weighted by Gasteiger charge is 2.12. The van der Waals surface area contributed by atoms with Crippen molar-refractivity contribution >= 4 is 29.3 Å². The number of carbonyl (C=O) groups is 1. The van der Waals surface area contributed by atoms with Crippen molar-refractivity contribution in [2.75, 3.05) is 0 Å². The predicted molar refractivity (Wildman–Crippen MR) is 59.4 cm³/mol. The molecule has 0 saturated heterocycles. The number of hydrogen-bond acceptors (Lipinski definition) is 3. The van der Waals surface area contributed by atoms with Gasteiger partial charge in [-0.15, -0.1) is 0 Å². The summed E-state index contributed by atoms with van der Waals surface area (Å²) in [5, 5.41) is 19.2. The zero-order valence-corrected chi connectivity index (χ0v) is 9.06. The predicted octanol–water partition coefficient (Wildman–Crippen LogP) is 2.74. The van der Waals surface area contributed by atoms with Gasteiger partial charge < -0.3 is 5.11 Å². The number of hydrogen-bond donors (Lipinski definition) is 1. The van der Waals surface area contributed by atoms with Crippen LogP contribution < -0.4 is 0 Å². The van der Waals surface area contributed by atoms with E-state index in [1.54, 1.807) is 0 Å². The van der Waals surface area contributed by atoms with Crippen molar-refractivity contribution in [1.29, 1.82) is 0 Å². The molecule has 6 heteroatoms. The minimum Gasteiger partial charge on any atom is -0.478 e. The Morgan fingerprint density at radius 1 is 1.56 bits per heavy atom. The number of nitrogens with zero attached hydrogens (tertiary/aromatic N) is 1. The number of rotatable bonds is 3. The Balaban J connectivity index is 3.18. The van der Waals surface area contributed by atoms with E-state index < -0.39 is 10.9 Å². The molecule has 84 valence electrons. The van der Waals surface area contributed by atoms with Crippen LogP contribution >= 0.6 is 11.6 Å². The van der Waals surface area contributed by atoms with Crippen LogP contribution in [0, 0.1) is 10.1 Å². The molecule has 0 saturated carbocycles. The van der Waals surface area contributed by atoms with Gasteiger partial charge in [-0.25, -0.2) is 4.79 Å². The summed E-state index contributed by atoms with van der Waals surface area (Å²) >= 11 is 5.61. The van der Waals surface area contributed by atoms with Crippen LogP contribution in [0.15, 0.2) is 23.8 Å².